The van der Waals surface area contributed by atoms with E-state index in [9.17, 15) is 8.42 Å². The Morgan fingerprint density at radius 3 is 1.75 bits per heavy atom. The second-order valence-electron chi connectivity index (χ2n) is 2.66. The number of hydrogen-bond donors (Lipinski definition) is 1. The molecule has 0 saturated carbocycles. The van der Waals surface area contributed by atoms with E-state index >= 15 is 0 Å². The smallest absolute Gasteiger partial charge is 0.190 e. The Balaban J connectivity index is 5.11. The molecule has 0 aliphatic heterocycles. The van der Waals surface area contributed by atoms with Crippen molar-refractivity contribution in [2.75, 3.05) is 13.3 Å². The molecule has 12 heavy (non-hydrogen) atoms. The van der Waals surface area contributed by atoms with Gasteiger partial charge in [0.05, 0.1) is 0 Å². The lowest BCUT2D eigenvalue weighted by Gasteiger charge is -2.09. The second-order valence-corrected chi connectivity index (χ2v) is 4.61. The minimum atomic E-state index is -3.07. The maximum Gasteiger partial charge on any atom is 0.190 e. The van der Waals surface area contributed by atoms with Crippen LogP contribution in [-0.2, 0) is 9.84 Å². The van der Waals surface area contributed by atoms with Gasteiger partial charge in [-0.15, -0.1) is 0 Å². The molecule has 0 radical (unpaired) electrons. The third-order valence-corrected chi connectivity index (χ3v) is 3.01. The standard InChI is InChI=1S/C8H17NO2S/c1-5-7(6-2)8(9-3)12(4,10)11/h9H,5-6H2,1-4H3. The number of hydrogen-bond acceptors (Lipinski definition) is 3. The lowest BCUT2D eigenvalue weighted by Crippen LogP contribution is -2.17. The topological polar surface area (TPSA) is 46.2 Å². The summed E-state index contributed by atoms with van der Waals surface area (Å²) >= 11 is 0. The van der Waals surface area contributed by atoms with E-state index in [0.717, 1.165) is 18.4 Å². The highest BCUT2D eigenvalue weighted by molar-refractivity contribution is 7.94. The fraction of sp³-hybridized carbons (Fsp3) is 0.750. The van der Waals surface area contributed by atoms with Gasteiger partial charge in [0, 0.05) is 13.3 Å². The highest BCUT2D eigenvalue weighted by atomic mass is 32.2. The first-order valence-corrected chi connectivity index (χ1v) is 5.96. The second kappa shape index (κ2) is 4.50. The first kappa shape index (κ1) is 11.5. The fourth-order valence-electron chi connectivity index (χ4n) is 1.20. The van der Waals surface area contributed by atoms with Gasteiger partial charge < -0.3 is 5.32 Å². The summed E-state index contributed by atoms with van der Waals surface area (Å²) in [5.74, 6) is 0. The molecule has 0 fully saturated rings. The molecule has 1 N–H and O–H groups in total. The van der Waals surface area contributed by atoms with Crippen molar-refractivity contribution in [2.45, 2.75) is 26.7 Å². The van der Waals surface area contributed by atoms with Crippen LogP contribution in [0.5, 0.6) is 0 Å². The Bertz CT molecular complexity index is 259. The van der Waals surface area contributed by atoms with Crippen LogP contribution in [0, 0.1) is 0 Å². The van der Waals surface area contributed by atoms with Crippen LogP contribution < -0.4 is 5.32 Å². The molecule has 0 aromatic carbocycles. The summed E-state index contributed by atoms with van der Waals surface area (Å²) < 4.78 is 22.4. The zero-order chi connectivity index (χ0) is 9.78. The summed E-state index contributed by atoms with van der Waals surface area (Å²) in [6.07, 6.45) is 2.78. The van der Waals surface area contributed by atoms with E-state index in [-0.39, 0.29) is 0 Å². The summed E-state index contributed by atoms with van der Waals surface area (Å²) in [5, 5.41) is 3.12. The van der Waals surface area contributed by atoms with Gasteiger partial charge in [0.1, 0.15) is 5.03 Å². The molecule has 3 nitrogen and oxygen atoms in total. The van der Waals surface area contributed by atoms with Crippen LogP contribution in [0.25, 0.3) is 0 Å². The summed E-state index contributed by atoms with van der Waals surface area (Å²) in [5.41, 5.74) is 0.958. The molecule has 0 atom stereocenters. The Labute approximate surface area is 74.8 Å². The van der Waals surface area contributed by atoms with E-state index in [1.54, 1.807) is 7.05 Å². The van der Waals surface area contributed by atoms with Gasteiger partial charge in [0.15, 0.2) is 9.84 Å². The molecular formula is C8H17NO2S. The lowest BCUT2D eigenvalue weighted by molar-refractivity contribution is 0.603. The van der Waals surface area contributed by atoms with E-state index < -0.39 is 9.84 Å². The number of sulfone groups is 1. The maximum atomic E-state index is 11.2. The molecule has 0 saturated heterocycles. The molecule has 0 aromatic rings. The quantitative estimate of drug-likeness (QED) is 0.728. The Hall–Kier alpha value is -0.510. The van der Waals surface area contributed by atoms with E-state index in [1.165, 1.54) is 6.26 Å². The third kappa shape index (κ3) is 2.85. The van der Waals surface area contributed by atoms with Crippen LogP contribution in [0.1, 0.15) is 26.7 Å². The predicted molar refractivity (Wildman–Crippen MR) is 51.5 cm³/mol. The van der Waals surface area contributed by atoms with E-state index in [2.05, 4.69) is 5.32 Å². The highest BCUT2D eigenvalue weighted by Crippen LogP contribution is 2.14. The largest absolute Gasteiger partial charge is 0.379 e. The van der Waals surface area contributed by atoms with E-state index in [0.29, 0.717) is 5.03 Å². The lowest BCUT2D eigenvalue weighted by atomic mass is 10.2. The van der Waals surface area contributed by atoms with Gasteiger partial charge in [0.25, 0.3) is 0 Å². The van der Waals surface area contributed by atoms with Crippen molar-refractivity contribution in [3.05, 3.63) is 10.6 Å². The van der Waals surface area contributed by atoms with Crippen LogP contribution >= 0.6 is 0 Å². The Morgan fingerprint density at radius 2 is 1.67 bits per heavy atom. The van der Waals surface area contributed by atoms with Crippen molar-refractivity contribution >= 4 is 9.84 Å². The average molecular weight is 191 g/mol. The molecule has 4 heteroatoms. The molecule has 0 rings (SSSR count). The molecule has 0 aliphatic rings. The van der Waals surface area contributed by atoms with Gasteiger partial charge >= 0.3 is 0 Å². The predicted octanol–water partition coefficient (Wildman–Crippen LogP) is 1.28. The van der Waals surface area contributed by atoms with E-state index in [4.69, 9.17) is 0 Å². The first-order chi connectivity index (χ1) is 5.47. The Morgan fingerprint density at radius 1 is 1.25 bits per heavy atom. The van der Waals surface area contributed by atoms with Gasteiger partial charge in [-0.1, -0.05) is 13.8 Å². The minimum Gasteiger partial charge on any atom is -0.379 e. The molecule has 0 aliphatic carbocycles. The highest BCUT2D eigenvalue weighted by Gasteiger charge is 2.12. The normalized spacial score (nSPS) is 11.0. The molecule has 0 unspecified atom stereocenters. The van der Waals surface area contributed by atoms with Crippen LogP contribution in [0.2, 0.25) is 0 Å². The van der Waals surface area contributed by atoms with Crippen molar-refractivity contribution < 1.29 is 8.42 Å². The molecular weight excluding hydrogens is 174 g/mol. The third-order valence-electron chi connectivity index (χ3n) is 1.77. The summed E-state index contributed by atoms with van der Waals surface area (Å²) in [6.45, 7) is 3.92. The summed E-state index contributed by atoms with van der Waals surface area (Å²) in [4.78, 5) is 0. The van der Waals surface area contributed by atoms with Crippen LogP contribution in [0.15, 0.2) is 10.6 Å². The number of allylic oxidation sites excluding steroid dienone is 1. The van der Waals surface area contributed by atoms with Crippen molar-refractivity contribution in [3.63, 3.8) is 0 Å². The van der Waals surface area contributed by atoms with Crippen molar-refractivity contribution in [1.29, 1.82) is 0 Å². The van der Waals surface area contributed by atoms with Crippen molar-refractivity contribution in [1.82, 2.24) is 5.32 Å². The zero-order valence-electron chi connectivity index (χ0n) is 8.14. The van der Waals surface area contributed by atoms with Gasteiger partial charge in [-0.25, -0.2) is 8.42 Å². The average Bonchev–Trinajstić information content (AvgIpc) is 1.97. The molecule has 0 aromatic heterocycles. The maximum absolute atomic E-state index is 11.2. The molecule has 0 spiro atoms. The van der Waals surface area contributed by atoms with Crippen LogP contribution in [0.4, 0.5) is 0 Å². The van der Waals surface area contributed by atoms with Crippen LogP contribution in [0.3, 0.4) is 0 Å². The zero-order valence-corrected chi connectivity index (χ0v) is 8.96. The summed E-state index contributed by atoms with van der Waals surface area (Å²) in [7, 11) is -1.43. The Kier molecular flexibility index (Phi) is 4.31. The molecule has 72 valence electrons. The van der Waals surface area contributed by atoms with Crippen LogP contribution in [-0.4, -0.2) is 21.7 Å². The molecule has 0 heterocycles. The molecule has 0 bridgehead atoms. The first-order valence-electron chi connectivity index (χ1n) is 4.07. The summed E-state index contributed by atoms with van der Waals surface area (Å²) in [6, 6.07) is 0. The van der Waals surface area contributed by atoms with E-state index in [1.807, 2.05) is 13.8 Å². The number of nitrogens with one attached hydrogen (secondary N) is 1. The fourth-order valence-corrected chi connectivity index (χ4v) is 2.38. The van der Waals surface area contributed by atoms with Gasteiger partial charge in [-0.3, -0.25) is 0 Å². The van der Waals surface area contributed by atoms with Gasteiger partial charge in [0.2, 0.25) is 0 Å². The van der Waals surface area contributed by atoms with Gasteiger partial charge in [-0.2, -0.15) is 0 Å². The molecule has 0 amide bonds. The SMILES string of the molecule is CCC(CC)=C(NC)S(C)(=O)=O. The van der Waals surface area contributed by atoms with Crippen molar-refractivity contribution in [3.8, 4) is 0 Å². The van der Waals surface area contributed by atoms with Crippen molar-refractivity contribution in [2.24, 2.45) is 0 Å². The monoisotopic (exact) mass is 191 g/mol. The van der Waals surface area contributed by atoms with Gasteiger partial charge in [-0.05, 0) is 18.4 Å². The minimum absolute atomic E-state index is 0.382. The number of rotatable bonds is 4.